The Morgan fingerprint density at radius 1 is 1.06 bits per heavy atom. The summed E-state index contributed by atoms with van der Waals surface area (Å²) in [4.78, 5) is 26.5. The van der Waals surface area contributed by atoms with Gasteiger partial charge in [0, 0.05) is 29.6 Å². The van der Waals surface area contributed by atoms with Crippen molar-refractivity contribution in [2.75, 3.05) is 44.3 Å². The number of ether oxygens (including phenoxy) is 1. The van der Waals surface area contributed by atoms with Gasteiger partial charge in [0.2, 0.25) is 5.91 Å². The molecule has 1 aromatic heterocycles. The molecule has 1 aromatic carbocycles. The van der Waals surface area contributed by atoms with E-state index in [1.807, 2.05) is 25.1 Å². The number of nitrogens with two attached hydrogens (primary N) is 1. The topological polar surface area (TPSA) is 84.6 Å². The third-order valence-electron chi connectivity index (χ3n) is 7.40. The van der Waals surface area contributed by atoms with Crippen LogP contribution < -0.4 is 10.6 Å². The van der Waals surface area contributed by atoms with E-state index in [0.717, 1.165) is 82.3 Å². The van der Waals surface area contributed by atoms with Crippen molar-refractivity contribution in [2.24, 2.45) is 5.73 Å². The fraction of sp³-hybridized carbons (Fsp3) is 0.542. The Morgan fingerprint density at radius 3 is 2.45 bits per heavy atom. The van der Waals surface area contributed by atoms with Gasteiger partial charge in [0.15, 0.2) is 5.82 Å². The third kappa shape index (κ3) is 3.70. The first-order valence-electron chi connectivity index (χ1n) is 11.4. The molecule has 0 bridgehead atoms. The molecule has 7 nitrogen and oxygen atoms in total. The average molecular weight is 422 g/mol. The van der Waals surface area contributed by atoms with Crippen LogP contribution in [0.25, 0.3) is 11.4 Å². The number of carbonyl (C=O) groups excluding carboxylic acids is 1. The van der Waals surface area contributed by atoms with Gasteiger partial charge in [-0.3, -0.25) is 9.69 Å². The van der Waals surface area contributed by atoms with Gasteiger partial charge in [-0.25, -0.2) is 9.97 Å². The Bertz CT molecular complexity index is 950. The lowest BCUT2D eigenvalue weighted by atomic mass is 9.76. The van der Waals surface area contributed by atoms with Gasteiger partial charge in [-0.15, -0.1) is 0 Å². The van der Waals surface area contributed by atoms with Gasteiger partial charge in [0.25, 0.3) is 0 Å². The van der Waals surface area contributed by atoms with E-state index in [1.54, 1.807) is 0 Å². The molecule has 1 aliphatic carbocycles. The summed E-state index contributed by atoms with van der Waals surface area (Å²) in [5.74, 6) is 1.66. The number of piperidine rings is 1. The normalized spacial score (nSPS) is 21.8. The number of rotatable bonds is 4. The quantitative estimate of drug-likeness (QED) is 0.814. The van der Waals surface area contributed by atoms with Crippen LogP contribution >= 0.6 is 0 Å². The lowest BCUT2D eigenvalue weighted by molar-refractivity contribution is -0.123. The number of hydrogen-bond donors (Lipinski definition) is 1. The summed E-state index contributed by atoms with van der Waals surface area (Å²) in [6.07, 6.45) is 4.13. The fourth-order valence-electron chi connectivity index (χ4n) is 5.38. The molecule has 2 fully saturated rings. The SMILES string of the molecule is CC(C(N)=O)N1CCC2(CCc3c(N4CCOCC4)nc(-c4ccccc4)nc32)CC1. The lowest BCUT2D eigenvalue weighted by Crippen LogP contribution is -2.50. The van der Waals surface area contributed by atoms with Crippen LogP contribution in [-0.2, 0) is 21.4 Å². The van der Waals surface area contributed by atoms with Gasteiger partial charge < -0.3 is 15.4 Å². The zero-order chi connectivity index (χ0) is 21.4. The average Bonchev–Trinajstić information content (AvgIpc) is 3.17. The van der Waals surface area contributed by atoms with Crippen molar-refractivity contribution in [1.29, 1.82) is 0 Å². The fourth-order valence-corrected chi connectivity index (χ4v) is 5.38. The van der Waals surface area contributed by atoms with Crippen LogP contribution in [0, 0.1) is 0 Å². The van der Waals surface area contributed by atoms with E-state index in [2.05, 4.69) is 21.9 Å². The predicted octanol–water partition coefficient (Wildman–Crippen LogP) is 2.13. The number of hydrogen-bond acceptors (Lipinski definition) is 6. The molecular formula is C24H31N5O2. The molecule has 2 aliphatic heterocycles. The number of benzene rings is 1. The largest absolute Gasteiger partial charge is 0.378 e. The molecule has 0 saturated carbocycles. The molecule has 0 radical (unpaired) electrons. The summed E-state index contributed by atoms with van der Waals surface area (Å²) in [6, 6.07) is 10.1. The second kappa shape index (κ2) is 8.20. The van der Waals surface area contributed by atoms with Crippen LogP contribution in [0.15, 0.2) is 30.3 Å². The van der Waals surface area contributed by atoms with Crippen LogP contribution in [0.5, 0.6) is 0 Å². The molecule has 3 heterocycles. The van der Waals surface area contributed by atoms with Crippen molar-refractivity contribution in [1.82, 2.24) is 14.9 Å². The highest BCUT2D eigenvalue weighted by Gasteiger charge is 2.45. The number of fused-ring (bicyclic) bond motifs is 2. The van der Waals surface area contributed by atoms with Crippen LogP contribution in [-0.4, -0.2) is 66.2 Å². The van der Waals surface area contributed by atoms with Crippen LogP contribution in [0.4, 0.5) is 5.82 Å². The summed E-state index contributed by atoms with van der Waals surface area (Å²) >= 11 is 0. The van der Waals surface area contributed by atoms with Crippen molar-refractivity contribution < 1.29 is 9.53 Å². The second-order valence-corrected chi connectivity index (χ2v) is 9.06. The maximum Gasteiger partial charge on any atom is 0.234 e. The van der Waals surface area contributed by atoms with Crippen molar-refractivity contribution in [2.45, 2.75) is 44.1 Å². The molecule has 1 atom stereocenters. The molecule has 5 rings (SSSR count). The predicted molar refractivity (Wildman–Crippen MR) is 120 cm³/mol. The highest BCUT2D eigenvalue weighted by atomic mass is 16.5. The van der Waals surface area contributed by atoms with Crippen LogP contribution in [0.3, 0.4) is 0 Å². The van der Waals surface area contributed by atoms with E-state index in [9.17, 15) is 4.79 Å². The molecule has 2 N–H and O–H groups in total. The van der Waals surface area contributed by atoms with E-state index >= 15 is 0 Å². The molecule has 1 amide bonds. The van der Waals surface area contributed by atoms with E-state index in [-0.39, 0.29) is 17.4 Å². The second-order valence-electron chi connectivity index (χ2n) is 9.06. The Balaban J connectivity index is 1.53. The zero-order valence-electron chi connectivity index (χ0n) is 18.2. The monoisotopic (exact) mass is 421 g/mol. The van der Waals surface area contributed by atoms with Gasteiger partial charge in [0.05, 0.1) is 24.9 Å². The van der Waals surface area contributed by atoms with Gasteiger partial charge in [-0.2, -0.15) is 0 Å². The summed E-state index contributed by atoms with van der Waals surface area (Å²) in [5, 5.41) is 0. The van der Waals surface area contributed by atoms with Gasteiger partial charge in [0.1, 0.15) is 5.82 Å². The number of amides is 1. The summed E-state index contributed by atoms with van der Waals surface area (Å²) in [5.41, 5.74) is 9.23. The minimum atomic E-state index is -0.244. The van der Waals surface area contributed by atoms with Crippen molar-refractivity contribution >= 4 is 11.7 Å². The lowest BCUT2D eigenvalue weighted by Gasteiger charge is -2.41. The van der Waals surface area contributed by atoms with Crippen molar-refractivity contribution in [3.8, 4) is 11.4 Å². The standard InChI is InChI=1S/C24H31N5O2/c1-17(21(25)30)28-11-9-24(10-12-28)8-7-19-20(24)26-22(18-5-3-2-4-6-18)27-23(19)29-13-15-31-16-14-29/h2-6,17H,7-16H2,1H3,(H2,25,30). The Labute approximate surface area is 183 Å². The van der Waals surface area contributed by atoms with E-state index in [4.69, 9.17) is 20.4 Å². The number of aromatic nitrogens is 2. The molecule has 31 heavy (non-hydrogen) atoms. The number of morpholine rings is 1. The molecule has 164 valence electrons. The molecule has 7 heteroatoms. The Morgan fingerprint density at radius 2 is 1.77 bits per heavy atom. The number of primary amides is 1. The van der Waals surface area contributed by atoms with Gasteiger partial charge in [-0.1, -0.05) is 30.3 Å². The molecule has 2 saturated heterocycles. The molecule has 1 unspecified atom stereocenters. The van der Waals surface area contributed by atoms with Crippen molar-refractivity contribution in [3.05, 3.63) is 41.6 Å². The summed E-state index contributed by atoms with van der Waals surface area (Å²) in [6.45, 7) is 6.88. The minimum absolute atomic E-state index is 0.0662. The first-order valence-corrected chi connectivity index (χ1v) is 11.4. The van der Waals surface area contributed by atoms with E-state index in [1.165, 1.54) is 11.3 Å². The van der Waals surface area contributed by atoms with Crippen LogP contribution in [0.2, 0.25) is 0 Å². The first kappa shape index (κ1) is 20.4. The Hall–Kier alpha value is -2.51. The van der Waals surface area contributed by atoms with Crippen LogP contribution in [0.1, 0.15) is 37.4 Å². The molecular weight excluding hydrogens is 390 g/mol. The molecule has 2 aromatic rings. The summed E-state index contributed by atoms with van der Waals surface area (Å²) in [7, 11) is 0. The number of anilines is 1. The maximum absolute atomic E-state index is 11.7. The number of nitrogens with zero attached hydrogens (tertiary/aromatic N) is 4. The van der Waals surface area contributed by atoms with E-state index in [0.29, 0.717) is 0 Å². The number of likely N-dealkylation sites (tertiary alicyclic amines) is 1. The van der Waals surface area contributed by atoms with E-state index < -0.39 is 0 Å². The maximum atomic E-state index is 11.7. The smallest absolute Gasteiger partial charge is 0.234 e. The summed E-state index contributed by atoms with van der Waals surface area (Å²) < 4.78 is 5.59. The highest BCUT2D eigenvalue weighted by molar-refractivity contribution is 5.79. The first-order chi connectivity index (χ1) is 15.1. The van der Waals surface area contributed by atoms with Crippen molar-refractivity contribution in [3.63, 3.8) is 0 Å². The zero-order valence-corrected chi connectivity index (χ0v) is 18.2. The number of carbonyl (C=O) groups is 1. The minimum Gasteiger partial charge on any atom is -0.378 e. The van der Waals surface area contributed by atoms with Gasteiger partial charge >= 0.3 is 0 Å². The highest BCUT2D eigenvalue weighted by Crippen LogP contribution is 2.48. The van der Waals surface area contributed by atoms with Gasteiger partial charge in [-0.05, 0) is 45.7 Å². The molecule has 1 spiro atoms. The third-order valence-corrected chi connectivity index (χ3v) is 7.40. The molecule has 3 aliphatic rings. The Kier molecular flexibility index (Phi) is 5.40.